The average Bonchev–Trinajstić information content (AvgIpc) is 3.02. The smallest absolute Gasteiger partial charge is 0.305 e. The van der Waals surface area contributed by atoms with Crippen molar-refractivity contribution in [3.05, 3.63) is 59.4 Å². The van der Waals surface area contributed by atoms with Crippen LogP contribution < -0.4 is 15.4 Å². The molecule has 0 saturated carbocycles. The Kier molecular flexibility index (Phi) is 12.1. The van der Waals surface area contributed by atoms with Gasteiger partial charge in [0, 0.05) is 31.9 Å². The van der Waals surface area contributed by atoms with Gasteiger partial charge < -0.3 is 25.4 Å². The number of amides is 2. The number of hydrogen-bond acceptors (Lipinski definition) is 6. The number of aliphatic carboxylic acids is 1. The van der Waals surface area contributed by atoms with Gasteiger partial charge in [0.25, 0.3) is 0 Å². The van der Waals surface area contributed by atoms with Gasteiger partial charge in [0.05, 0.1) is 18.4 Å². The number of carboxylic acid groups (broad SMARTS) is 1. The van der Waals surface area contributed by atoms with E-state index in [4.69, 9.17) is 4.74 Å². The van der Waals surface area contributed by atoms with Crippen molar-refractivity contribution in [3.8, 4) is 5.75 Å². The number of alkyl halides is 1. The summed E-state index contributed by atoms with van der Waals surface area (Å²) in [6, 6.07) is 8.67. The summed E-state index contributed by atoms with van der Waals surface area (Å²) in [5.74, 6) is -0.329. The van der Waals surface area contributed by atoms with Gasteiger partial charge in [-0.1, -0.05) is 18.2 Å². The van der Waals surface area contributed by atoms with Crippen molar-refractivity contribution in [1.82, 2.24) is 20.5 Å². The first-order chi connectivity index (χ1) is 20.4. The van der Waals surface area contributed by atoms with Crippen LogP contribution in [0, 0.1) is 11.8 Å². The number of aromatic nitrogens is 1. The number of carbonyl (C=O) groups excluding carboxylic acids is 2. The van der Waals surface area contributed by atoms with Crippen molar-refractivity contribution in [2.45, 2.75) is 63.8 Å². The molecule has 2 fully saturated rings. The molecule has 1 aromatic carbocycles. The third kappa shape index (κ3) is 9.79. The van der Waals surface area contributed by atoms with E-state index in [1.807, 2.05) is 24.3 Å². The Labute approximate surface area is 247 Å². The highest BCUT2D eigenvalue weighted by molar-refractivity contribution is 5.82. The zero-order valence-corrected chi connectivity index (χ0v) is 24.2. The number of piperidine rings is 2. The van der Waals surface area contributed by atoms with Gasteiger partial charge >= 0.3 is 5.97 Å². The van der Waals surface area contributed by atoms with E-state index in [1.54, 1.807) is 23.4 Å². The Morgan fingerprint density at radius 1 is 1.12 bits per heavy atom. The van der Waals surface area contributed by atoms with Crippen LogP contribution in [0.15, 0.2) is 42.7 Å². The lowest BCUT2D eigenvalue weighted by Gasteiger charge is -2.33. The Morgan fingerprint density at radius 2 is 1.93 bits per heavy atom. The van der Waals surface area contributed by atoms with Gasteiger partial charge in [0.2, 0.25) is 11.8 Å². The largest absolute Gasteiger partial charge is 0.491 e. The number of rotatable bonds is 14. The first kappa shape index (κ1) is 31.4. The number of ether oxygens (including phenoxy) is 1. The number of nitrogens with one attached hydrogen (secondary N) is 2. The molecule has 10 heteroatoms. The van der Waals surface area contributed by atoms with E-state index in [9.17, 15) is 23.9 Å². The molecule has 0 radical (unpaired) electrons. The van der Waals surface area contributed by atoms with Gasteiger partial charge in [-0.05, 0) is 92.8 Å². The highest BCUT2D eigenvalue weighted by atomic mass is 19.1. The lowest BCUT2D eigenvalue weighted by Crippen LogP contribution is -2.46. The Hall–Kier alpha value is -3.53. The van der Waals surface area contributed by atoms with Crippen molar-refractivity contribution >= 4 is 17.8 Å². The van der Waals surface area contributed by atoms with E-state index in [2.05, 4.69) is 15.6 Å². The van der Waals surface area contributed by atoms with Crippen molar-refractivity contribution in [3.63, 3.8) is 0 Å². The van der Waals surface area contributed by atoms with Crippen LogP contribution in [0.3, 0.4) is 0 Å². The van der Waals surface area contributed by atoms with Crippen molar-refractivity contribution in [2.75, 3.05) is 39.5 Å². The maximum atomic E-state index is 13.3. The van der Waals surface area contributed by atoms with E-state index in [1.165, 1.54) is 0 Å². The molecule has 0 spiro atoms. The summed E-state index contributed by atoms with van der Waals surface area (Å²) in [6.07, 6.45) is 9.41. The number of carboxylic acids is 1. The number of pyridine rings is 1. The van der Waals surface area contributed by atoms with Gasteiger partial charge in [-0.2, -0.15) is 0 Å². The SMILES string of the molecule is O=C(O)CC(NC(=O)C1CCCN(C(=O)CCC2CCNCC2)C1)c1cncc(CCc2cccc(OCCF)c2)c1. The number of carbonyl (C=O) groups is 3. The van der Waals surface area contributed by atoms with E-state index in [0.717, 1.165) is 49.9 Å². The standard InChI is InChI=1S/C32H43FN4O5/c33-12-16-42-28-5-1-3-24(18-28)6-7-25-17-27(21-35-20-25)29(19-31(39)40)36-32(41)26-4-2-15-37(22-26)30(38)9-8-23-10-13-34-14-11-23/h1,3,5,17-18,20-21,23,26,29,34H,2,4,6-16,19,22H2,(H,36,41)(H,39,40). The second-order valence-corrected chi connectivity index (χ2v) is 11.4. The average molecular weight is 583 g/mol. The quantitative estimate of drug-likeness (QED) is 0.309. The topological polar surface area (TPSA) is 121 Å². The fourth-order valence-electron chi connectivity index (χ4n) is 5.86. The summed E-state index contributed by atoms with van der Waals surface area (Å²) in [7, 11) is 0. The second kappa shape index (κ2) is 16.2. The van der Waals surface area contributed by atoms with Crippen LogP contribution in [0.1, 0.15) is 67.7 Å². The minimum atomic E-state index is -1.02. The molecule has 2 atom stereocenters. The summed E-state index contributed by atoms with van der Waals surface area (Å²) in [6.45, 7) is 2.50. The monoisotopic (exact) mass is 582 g/mol. The van der Waals surface area contributed by atoms with Crippen molar-refractivity contribution in [2.24, 2.45) is 11.8 Å². The number of halogens is 1. The first-order valence-corrected chi connectivity index (χ1v) is 15.1. The lowest BCUT2D eigenvalue weighted by molar-refractivity contribution is -0.138. The Balaban J connectivity index is 1.34. The van der Waals surface area contributed by atoms with Crippen LogP contribution >= 0.6 is 0 Å². The molecule has 9 nitrogen and oxygen atoms in total. The van der Waals surface area contributed by atoms with Gasteiger partial charge in [-0.15, -0.1) is 0 Å². The summed E-state index contributed by atoms with van der Waals surface area (Å²) in [4.78, 5) is 44.1. The number of hydrogen-bond donors (Lipinski definition) is 3. The van der Waals surface area contributed by atoms with Gasteiger partial charge in [-0.25, -0.2) is 4.39 Å². The summed E-state index contributed by atoms with van der Waals surface area (Å²) in [5.41, 5.74) is 2.57. The zero-order valence-electron chi connectivity index (χ0n) is 24.2. The fraction of sp³-hybridized carbons (Fsp3) is 0.562. The number of benzene rings is 1. The number of aryl methyl sites for hydroxylation is 2. The van der Waals surface area contributed by atoms with Crippen LogP contribution in [0.25, 0.3) is 0 Å². The van der Waals surface area contributed by atoms with Crippen molar-refractivity contribution < 1.29 is 28.6 Å². The van der Waals surface area contributed by atoms with Crippen LogP contribution in [-0.4, -0.2) is 72.2 Å². The van der Waals surface area contributed by atoms with Gasteiger partial charge in [0.1, 0.15) is 19.0 Å². The molecule has 4 rings (SSSR count). The maximum absolute atomic E-state index is 13.3. The third-order valence-corrected chi connectivity index (χ3v) is 8.23. The summed E-state index contributed by atoms with van der Waals surface area (Å²) < 4.78 is 17.8. The third-order valence-electron chi connectivity index (χ3n) is 8.23. The molecule has 1 aromatic heterocycles. The number of nitrogens with zero attached hydrogens (tertiary/aromatic N) is 2. The highest BCUT2D eigenvalue weighted by Crippen LogP contribution is 2.24. The first-order valence-electron chi connectivity index (χ1n) is 15.1. The van der Waals surface area contributed by atoms with E-state index >= 15 is 0 Å². The molecule has 2 aromatic rings. The van der Waals surface area contributed by atoms with Crippen molar-refractivity contribution in [1.29, 1.82) is 0 Å². The summed E-state index contributed by atoms with van der Waals surface area (Å²) in [5, 5.41) is 15.9. The van der Waals surface area contributed by atoms with Gasteiger partial charge in [-0.3, -0.25) is 19.4 Å². The molecule has 3 N–H and O–H groups in total. The molecule has 42 heavy (non-hydrogen) atoms. The molecular weight excluding hydrogens is 539 g/mol. The maximum Gasteiger partial charge on any atom is 0.305 e. The summed E-state index contributed by atoms with van der Waals surface area (Å²) >= 11 is 0. The molecule has 0 aliphatic carbocycles. The normalized spacial score (nSPS) is 18.3. The van der Waals surface area contributed by atoms with Gasteiger partial charge in [0.15, 0.2) is 0 Å². The predicted molar refractivity (Wildman–Crippen MR) is 157 cm³/mol. The van der Waals surface area contributed by atoms with Crippen LogP contribution in [0.2, 0.25) is 0 Å². The lowest BCUT2D eigenvalue weighted by atomic mass is 9.92. The number of likely N-dealkylation sites (tertiary alicyclic amines) is 1. The molecular formula is C32H43FN4O5. The van der Waals surface area contributed by atoms with E-state index < -0.39 is 18.7 Å². The molecule has 228 valence electrons. The van der Waals surface area contributed by atoms with Crippen LogP contribution in [0.5, 0.6) is 5.75 Å². The molecule has 2 aliphatic rings. The minimum Gasteiger partial charge on any atom is -0.491 e. The van der Waals surface area contributed by atoms with E-state index in [0.29, 0.717) is 56.0 Å². The second-order valence-electron chi connectivity index (χ2n) is 11.4. The predicted octanol–water partition coefficient (Wildman–Crippen LogP) is 3.87. The zero-order chi connectivity index (χ0) is 29.7. The van der Waals surface area contributed by atoms with Crippen LogP contribution in [-0.2, 0) is 27.2 Å². The Morgan fingerprint density at radius 3 is 2.71 bits per heavy atom. The minimum absolute atomic E-state index is 0.0137. The molecule has 0 bridgehead atoms. The van der Waals surface area contributed by atoms with Crippen LogP contribution in [0.4, 0.5) is 4.39 Å². The van der Waals surface area contributed by atoms with E-state index in [-0.39, 0.29) is 30.8 Å². The molecule has 3 heterocycles. The highest BCUT2D eigenvalue weighted by Gasteiger charge is 2.30. The molecule has 2 aliphatic heterocycles. The fourth-order valence-corrected chi connectivity index (χ4v) is 5.86. The molecule has 2 amide bonds. The Bertz CT molecular complexity index is 1190. The molecule has 2 saturated heterocycles. The molecule has 2 unspecified atom stereocenters.